The summed E-state index contributed by atoms with van der Waals surface area (Å²) in [5.41, 5.74) is 4.31. The molecular formula is C22H22BrN2O+. The molecule has 3 rings (SSSR count). The normalized spacial score (nSPS) is 10.7. The van der Waals surface area contributed by atoms with Gasteiger partial charge in [0.1, 0.15) is 6.04 Å². The number of hydrogen-bond donors (Lipinski definition) is 2. The molecule has 0 radical (unpaired) electrons. The Balaban J connectivity index is 1.71. The summed E-state index contributed by atoms with van der Waals surface area (Å²) >= 11 is 3.50. The predicted octanol–water partition coefficient (Wildman–Crippen LogP) is 4.05. The summed E-state index contributed by atoms with van der Waals surface area (Å²) in [5, 5.41) is 5.05. The molecule has 0 spiro atoms. The van der Waals surface area contributed by atoms with Gasteiger partial charge in [0, 0.05) is 15.6 Å². The lowest BCUT2D eigenvalue weighted by Gasteiger charge is -2.16. The average molecular weight is 410 g/mol. The van der Waals surface area contributed by atoms with Crippen molar-refractivity contribution in [2.45, 2.75) is 13.0 Å². The quantitative estimate of drug-likeness (QED) is 0.633. The molecule has 0 aliphatic heterocycles. The van der Waals surface area contributed by atoms with Crippen molar-refractivity contribution in [1.82, 2.24) is 0 Å². The van der Waals surface area contributed by atoms with Gasteiger partial charge in [0.05, 0.1) is 5.69 Å². The number of amides is 1. The number of carbonyl (C=O) groups excluding carboxylic acids is 1. The molecule has 0 atom stereocenters. The highest BCUT2D eigenvalue weighted by atomic mass is 79.9. The zero-order chi connectivity index (χ0) is 18.4. The Labute approximate surface area is 162 Å². The van der Waals surface area contributed by atoms with Gasteiger partial charge in [0.2, 0.25) is 0 Å². The third-order valence-corrected chi connectivity index (χ3v) is 4.91. The van der Waals surface area contributed by atoms with E-state index in [1.54, 1.807) is 0 Å². The number of halogens is 1. The van der Waals surface area contributed by atoms with E-state index in [1.807, 2.05) is 61.5 Å². The monoisotopic (exact) mass is 409 g/mol. The fraction of sp³-hybridized carbons (Fsp3) is 0.136. The molecule has 3 nitrogen and oxygen atoms in total. The summed E-state index contributed by atoms with van der Waals surface area (Å²) in [7, 11) is 0. The Bertz CT molecular complexity index is 826. The highest BCUT2D eigenvalue weighted by molar-refractivity contribution is 9.10. The van der Waals surface area contributed by atoms with Crippen LogP contribution in [0.25, 0.3) is 0 Å². The molecule has 0 aliphatic carbocycles. The Morgan fingerprint density at radius 2 is 1.54 bits per heavy atom. The molecule has 0 unspecified atom stereocenters. The molecule has 0 bridgehead atoms. The number of nitrogens with one attached hydrogen (secondary N) is 1. The van der Waals surface area contributed by atoms with Crippen LogP contribution in [0.3, 0.4) is 0 Å². The van der Waals surface area contributed by atoms with E-state index < -0.39 is 0 Å². The zero-order valence-corrected chi connectivity index (χ0v) is 16.2. The molecule has 0 aromatic heterocycles. The molecule has 3 aromatic rings. The summed E-state index contributed by atoms with van der Waals surface area (Å²) < 4.78 is 0.897. The maximum absolute atomic E-state index is 12.5. The highest BCUT2D eigenvalue weighted by Crippen LogP contribution is 2.23. The molecule has 0 fully saturated rings. The zero-order valence-electron chi connectivity index (χ0n) is 14.7. The molecule has 0 saturated carbocycles. The van der Waals surface area contributed by atoms with Crippen molar-refractivity contribution in [2.75, 3.05) is 11.9 Å². The first kappa shape index (κ1) is 18.4. The van der Waals surface area contributed by atoms with Crippen LogP contribution in [0.4, 0.5) is 5.69 Å². The molecular weight excluding hydrogens is 388 g/mol. The number of quaternary nitrogens is 1. The lowest BCUT2D eigenvalue weighted by atomic mass is 9.99. The van der Waals surface area contributed by atoms with E-state index in [0.29, 0.717) is 6.54 Å². The lowest BCUT2D eigenvalue weighted by molar-refractivity contribution is -0.676. The molecule has 3 N–H and O–H groups in total. The van der Waals surface area contributed by atoms with Crippen LogP contribution >= 0.6 is 15.9 Å². The van der Waals surface area contributed by atoms with Crippen molar-refractivity contribution in [1.29, 1.82) is 0 Å². The molecule has 0 aliphatic rings. The van der Waals surface area contributed by atoms with Gasteiger partial charge in [-0.3, -0.25) is 4.79 Å². The van der Waals surface area contributed by atoms with Crippen LogP contribution in [-0.2, 0) is 4.79 Å². The van der Waals surface area contributed by atoms with Crippen molar-refractivity contribution in [3.05, 3.63) is 100 Å². The Hall–Kier alpha value is -2.43. The van der Waals surface area contributed by atoms with Crippen LogP contribution in [-0.4, -0.2) is 12.5 Å². The molecule has 0 heterocycles. The van der Waals surface area contributed by atoms with E-state index in [4.69, 9.17) is 0 Å². The minimum absolute atomic E-state index is 0.0218. The first-order valence-electron chi connectivity index (χ1n) is 8.62. The number of nitrogens with two attached hydrogens (primary N) is 1. The van der Waals surface area contributed by atoms with Crippen molar-refractivity contribution in [3.8, 4) is 0 Å². The Morgan fingerprint density at radius 1 is 0.962 bits per heavy atom. The fourth-order valence-corrected chi connectivity index (χ4v) is 3.53. The minimum atomic E-state index is -0.0218. The van der Waals surface area contributed by atoms with Crippen molar-refractivity contribution in [3.63, 3.8) is 0 Å². The van der Waals surface area contributed by atoms with Gasteiger partial charge in [-0.2, -0.15) is 0 Å². The first-order chi connectivity index (χ1) is 12.6. The van der Waals surface area contributed by atoms with E-state index in [-0.39, 0.29) is 11.9 Å². The average Bonchev–Trinajstić information content (AvgIpc) is 2.66. The second kappa shape index (κ2) is 8.79. The van der Waals surface area contributed by atoms with E-state index in [9.17, 15) is 4.79 Å². The highest BCUT2D eigenvalue weighted by Gasteiger charge is 2.18. The van der Waals surface area contributed by atoms with E-state index >= 15 is 0 Å². The standard InChI is InChI=1S/C22H21BrN2O/c1-16-12-13-20(19(23)14-16)25-21(26)15-24-22(17-8-4-2-5-9-17)18-10-6-3-7-11-18/h2-14,22,24H,15H2,1H3,(H,25,26)/p+1. The van der Waals surface area contributed by atoms with Crippen molar-refractivity contribution >= 4 is 27.5 Å². The molecule has 4 heteroatoms. The van der Waals surface area contributed by atoms with Crippen LogP contribution < -0.4 is 10.6 Å². The Morgan fingerprint density at radius 3 is 2.08 bits per heavy atom. The number of hydrogen-bond acceptors (Lipinski definition) is 1. The van der Waals surface area contributed by atoms with Crippen LogP contribution in [0.1, 0.15) is 22.7 Å². The largest absolute Gasteiger partial charge is 0.328 e. The van der Waals surface area contributed by atoms with Crippen LogP contribution in [0.5, 0.6) is 0 Å². The summed E-state index contributed by atoms with van der Waals surface area (Å²) in [6, 6.07) is 26.5. The number of carbonyl (C=O) groups is 1. The predicted molar refractivity (Wildman–Crippen MR) is 109 cm³/mol. The van der Waals surface area contributed by atoms with E-state index in [2.05, 4.69) is 50.8 Å². The number of aryl methyl sites for hydroxylation is 1. The van der Waals surface area contributed by atoms with Crippen LogP contribution in [0.2, 0.25) is 0 Å². The van der Waals surface area contributed by atoms with Gasteiger partial charge >= 0.3 is 0 Å². The molecule has 132 valence electrons. The summed E-state index contributed by atoms with van der Waals surface area (Å²) in [6.45, 7) is 2.36. The maximum atomic E-state index is 12.5. The minimum Gasteiger partial charge on any atom is -0.328 e. The van der Waals surface area contributed by atoms with Gasteiger partial charge in [-0.15, -0.1) is 0 Å². The Kier molecular flexibility index (Phi) is 6.21. The summed E-state index contributed by atoms with van der Waals surface area (Å²) in [6.07, 6.45) is 0. The van der Waals surface area contributed by atoms with Crippen molar-refractivity contribution in [2.24, 2.45) is 0 Å². The number of anilines is 1. The van der Waals surface area contributed by atoms with Gasteiger partial charge in [-0.1, -0.05) is 66.7 Å². The number of benzene rings is 3. The van der Waals surface area contributed by atoms with Crippen molar-refractivity contribution < 1.29 is 10.1 Å². The molecule has 3 aromatic carbocycles. The third-order valence-electron chi connectivity index (χ3n) is 4.26. The number of rotatable bonds is 6. The molecule has 26 heavy (non-hydrogen) atoms. The van der Waals surface area contributed by atoms with Crippen LogP contribution in [0, 0.1) is 6.92 Å². The van der Waals surface area contributed by atoms with Gasteiger partial charge in [0.15, 0.2) is 6.54 Å². The van der Waals surface area contributed by atoms with Crippen LogP contribution in [0.15, 0.2) is 83.3 Å². The smallest absolute Gasteiger partial charge is 0.279 e. The molecule has 0 saturated heterocycles. The third kappa shape index (κ3) is 4.81. The van der Waals surface area contributed by atoms with Gasteiger partial charge < -0.3 is 10.6 Å². The van der Waals surface area contributed by atoms with Gasteiger partial charge in [-0.05, 0) is 40.5 Å². The maximum Gasteiger partial charge on any atom is 0.279 e. The fourth-order valence-electron chi connectivity index (χ4n) is 2.93. The van der Waals surface area contributed by atoms with E-state index in [0.717, 1.165) is 15.7 Å². The lowest BCUT2D eigenvalue weighted by Crippen LogP contribution is -2.87. The second-order valence-electron chi connectivity index (χ2n) is 6.27. The first-order valence-corrected chi connectivity index (χ1v) is 9.42. The second-order valence-corrected chi connectivity index (χ2v) is 7.12. The SMILES string of the molecule is Cc1ccc(NC(=O)C[NH2+]C(c2ccccc2)c2ccccc2)c(Br)c1. The van der Waals surface area contributed by atoms with E-state index in [1.165, 1.54) is 11.1 Å². The molecule has 1 amide bonds. The van der Waals surface area contributed by atoms with Gasteiger partial charge in [0.25, 0.3) is 5.91 Å². The summed E-state index contributed by atoms with van der Waals surface area (Å²) in [4.78, 5) is 12.5. The van der Waals surface area contributed by atoms with Gasteiger partial charge in [-0.25, -0.2) is 0 Å². The summed E-state index contributed by atoms with van der Waals surface area (Å²) in [5.74, 6) is -0.0218. The topological polar surface area (TPSA) is 45.7 Å².